The minimum Gasteiger partial charge on any atom is -0.495 e. The van der Waals surface area contributed by atoms with E-state index < -0.39 is 12.1 Å². The van der Waals surface area contributed by atoms with E-state index in [1.807, 2.05) is 13.8 Å². The SMILES string of the molecule is COc1ccc(Cl)cc1NC(=O)[C@H]1CCCN1C(=O)OCC(C)C. The molecule has 0 spiro atoms. The molecule has 1 aliphatic heterocycles. The second kappa shape index (κ2) is 8.24. The summed E-state index contributed by atoms with van der Waals surface area (Å²) in [4.78, 5) is 26.2. The molecule has 0 aliphatic carbocycles. The van der Waals surface area contributed by atoms with Crippen LogP contribution in [-0.4, -0.2) is 43.2 Å². The van der Waals surface area contributed by atoms with Crippen molar-refractivity contribution in [1.82, 2.24) is 4.90 Å². The number of carbonyl (C=O) groups excluding carboxylic acids is 2. The molecule has 2 amide bonds. The summed E-state index contributed by atoms with van der Waals surface area (Å²) in [5.74, 6) is 0.494. The summed E-state index contributed by atoms with van der Waals surface area (Å²) in [5, 5.41) is 3.29. The van der Waals surface area contributed by atoms with Gasteiger partial charge in [0.2, 0.25) is 5.91 Å². The van der Waals surface area contributed by atoms with Gasteiger partial charge in [0.1, 0.15) is 11.8 Å². The Hall–Kier alpha value is -1.95. The van der Waals surface area contributed by atoms with Gasteiger partial charge >= 0.3 is 6.09 Å². The van der Waals surface area contributed by atoms with Crippen LogP contribution >= 0.6 is 11.6 Å². The van der Waals surface area contributed by atoms with Gasteiger partial charge in [0.05, 0.1) is 19.4 Å². The molecule has 0 unspecified atom stereocenters. The highest BCUT2D eigenvalue weighted by molar-refractivity contribution is 6.31. The molecule has 1 atom stereocenters. The Morgan fingerprint density at radius 2 is 2.17 bits per heavy atom. The van der Waals surface area contributed by atoms with Crippen LogP contribution in [0.5, 0.6) is 5.75 Å². The molecule has 1 heterocycles. The standard InChI is InChI=1S/C17H23ClN2O4/c1-11(2)10-24-17(22)20-8-4-5-14(20)16(21)19-13-9-12(18)6-7-15(13)23-3/h6-7,9,11,14H,4-5,8,10H2,1-3H3,(H,19,21)/t14-/m1/s1. The number of carbonyl (C=O) groups is 2. The molecule has 1 fully saturated rings. The van der Waals surface area contributed by atoms with Crippen LogP contribution in [-0.2, 0) is 9.53 Å². The lowest BCUT2D eigenvalue weighted by molar-refractivity contribution is -0.120. The third-order valence-corrected chi connectivity index (χ3v) is 3.98. The molecule has 0 radical (unpaired) electrons. The first-order valence-corrected chi connectivity index (χ1v) is 8.38. The minimum absolute atomic E-state index is 0.250. The highest BCUT2D eigenvalue weighted by Gasteiger charge is 2.35. The fraction of sp³-hybridized carbons (Fsp3) is 0.529. The summed E-state index contributed by atoms with van der Waals surface area (Å²) < 4.78 is 10.5. The number of amides is 2. The molecule has 24 heavy (non-hydrogen) atoms. The van der Waals surface area contributed by atoms with Gasteiger partial charge in [-0.05, 0) is 37.0 Å². The quantitative estimate of drug-likeness (QED) is 0.878. The smallest absolute Gasteiger partial charge is 0.410 e. The van der Waals surface area contributed by atoms with Gasteiger partial charge in [0, 0.05) is 11.6 Å². The number of rotatable bonds is 5. The van der Waals surface area contributed by atoms with Crippen LogP contribution in [0.1, 0.15) is 26.7 Å². The predicted octanol–water partition coefficient (Wildman–Crippen LogP) is 3.54. The zero-order valence-corrected chi connectivity index (χ0v) is 14.9. The van der Waals surface area contributed by atoms with E-state index in [-0.39, 0.29) is 11.8 Å². The maximum atomic E-state index is 12.6. The van der Waals surface area contributed by atoms with E-state index in [0.717, 1.165) is 6.42 Å². The minimum atomic E-state index is -0.548. The average Bonchev–Trinajstić information content (AvgIpc) is 3.02. The number of hydrogen-bond acceptors (Lipinski definition) is 4. The van der Waals surface area contributed by atoms with E-state index >= 15 is 0 Å². The molecule has 7 heteroatoms. The average molecular weight is 355 g/mol. The first-order chi connectivity index (χ1) is 11.4. The molecule has 0 bridgehead atoms. The van der Waals surface area contributed by atoms with E-state index in [9.17, 15) is 9.59 Å². The third-order valence-electron chi connectivity index (χ3n) is 3.75. The van der Waals surface area contributed by atoms with Crippen LogP contribution in [0.3, 0.4) is 0 Å². The van der Waals surface area contributed by atoms with Crippen molar-refractivity contribution in [1.29, 1.82) is 0 Å². The van der Waals surface area contributed by atoms with Gasteiger partial charge in [-0.25, -0.2) is 4.79 Å². The number of hydrogen-bond donors (Lipinski definition) is 1. The Morgan fingerprint density at radius 1 is 1.42 bits per heavy atom. The Morgan fingerprint density at radius 3 is 2.83 bits per heavy atom. The van der Waals surface area contributed by atoms with Crippen LogP contribution in [0.2, 0.25) is 5.02 Å². The molecule has 0 saturated carbocycles. The van der Waals surface area contributed by atoms with Crippen LogP contribution < -0.4 is 10.1 Å². The number of methoxy groups -OCH3 is 1. The molecule has 1 aromatic rings. The highest BCUT2D eigenvalue weighted by atomic mass is 35.5. The van der Waals surface area contributed by atoms with Gasteiger partial charge in [-0.2, -0.15) is 0 Å². The Balaban J connectivity index is 2.05. The molecule has 6 nitrogen and oxygen atoms in total. The zero-order valence-electron chi connectivity index (χ0n) is 14.2. The van der Waals surface area contributed by atoms with Gasteiger partial charge in [-0.15, -0.1) is 0 Å². The fourth-order valence-electron chi connectivity index (χ4n) is 2.57. The van der Waals surface area contributed by atoms with Crippen LogP contribution in [0.15, 0.2) is 18.2 Å². The lowest BCUT2D eigenvalue weighted by Gasteiger charge is -2.24. The van der Waals surface area contributed by atoms with Gasteiger partial charge in [0.15, 0.2) is 0 Å². The number of likely N-dealkylation sites (tertiary alicyclic amines) is 1. The van der Waals surface area contributed by atoms with Gasteiger partial charge in [-0.1, -0.05) is 25.4 Å². The third kappa shape index (κ3) is 4.54. The summed E-state index contributed by atoms with van der Waals surface area (Å²) in [5.41, 5.74) is 0.484. The Labute approximate surface area is 147 Å². The fourth-order valence-corrected chi connectivity index (χ4v) is 2.74. The lowest BCUT2D eigenvalue weighted by atomic mass is 10.2. The van der Waals surface area contributed by atoms with Gasteiger partial charge < -0.3 is 14.8 Å². The Kier molecular flexibility index (Phi) is 6.31. The summed E-state index contributed by atoms with van der Waals surface area (Å²) in [6.07, 6.45) is 0.923. The van der Waals surface area contributed by atoms with Crippen LogP contribution in [0.25, 0.3) is 0 Å². The zero-order chi connectivity index (χ0) is 17.7. The number of ether oxygens (including phenoxy) is 2. The largest absolute Gasteiger partial charge is 0.495 e. The molecule has 1 saturated heterocycles. The topological polar surface area (TPSA) is 67.9 Å². The Bertz CT molecular complexity index is 606. The van der Waals surface area contributed by atoms with E-state index in [1.54, 1.807) is 18.2 Å². The van der Waals surface area contributed by atoms with Crippen molar-refractivity contribution < 1.29 is 19.1 Å². The monoisotopic (exact) mass is 354 g/mol. The molecular formula is C17H23ClN2O4. The number of halogens is 1. The molecule has 1 aliphatic rings. The normalized spacial score (nSPS) is 17.0. The van der Waals surface area contributed by atoms with Crippen molar-refractivity contribution in [2.75, 3.05) is 25.6 Å². The highest BCUT2D eigenvalue weighted by Crippen LogP contribution is 2.29. The molecule has 1 aromatic carbocycles. The van der Waals surface area contributed by atoms with E-state index in [4.69, 9.17) is 21.1 Å². The van der Waals surface area contributed by atoms with Crippen molar-refractivity contribution in [3.05, 3.63) is 23.2 Å². The predicted molar refractivity (Wildman–Crippen MR) is 92.5 cm³/mol. The van der Waals surface area contributed by atoms with Crippen molar-refractivity contribution in [2.24, 2.45) is 5.92 Å². The lowest BCUT2D eigenvalue weighted by Crippen LogP contribution is -2.43. The maximum absolute atomic E-state index is 12.6. The van der Waals surface area contributed by atoms with Crippen molar-refractivity contribution >= 4 is 29.3 Å². The van der Waals surface area contributed by atoms with Crippen molar-refractivity contribution in [3.63, 3.8) is 0 Å². The number of nitrogens with zero attached hydrogens (tertiary/aromatic N) is 1. The molecule has 0 aromatic heterocycles. The maximum Gasteiger partial charge on any atom is 0.410 e. The molecular weight excluding hydrogens is 332 g/mol. The van der Waals surface area contributed by atoms with E-state index in [2.05, 4.69) is 5.32 Å². The number of nitrogens with one attached hydrogen (secondary N) is 1. The summed E-state index contributed by atoms with van der Waals surface area (Å²) >= 11 is 5.98. The molecule has 1 N–H and O–H groups in total. The number of anilines is 1. The molecule has 132 valence electrons. The first-order valence-electron chi connectivity index (χ1n) is 8.00. The number of benzene rings is 1. The second-order valence-electron chi connectivity index (χ2n) is 6.16. The van der Waals surface area contributed by atoms with Crippen molar-refractivity contribution in [2.45, 2.75) is 32.7 Å². The molecule has 2 rings (SSSR count). The van der Waals surface area contributed by atoms with Crippen LogP contribution in [0, 0.1) is 5.92 Å². The van der Waals surface area contributed by atoms with Gasteiger partial charge in [0.25, 0.3) is 0 Å². The van der Waals surface area contributed by atoms with E-state index in [1.165, 1.54) is 12.0 Å². The summed E-state index contributed by atoms with van der Waals surface area (Å²) in [6.45, 7) is 4.78. The first kappa shape index (κ1) is 18.4. The van der Waals surface area contributed by atoms with E-state index in [0.29, 0.717) is 36.0 Å². The second-order valence-corrected chi connectivity index (χ2v) is 6.59. The van der Waals surface area contributed by atoms with Crippen LogP contribution in [0.4, 0.5) is 10.5 Å². The van der Waals surface area contributed by atoms with Crippen molar-refractivity contribution in [3.8, 4) is 5.75 Å². The summed E-state index contributed by atoms with van der Waals surface area (Å²) in [7, 11) is 1.52. The summed E-state index contributed by atoms with van der Waals surface area (Å²) in [6, 6.07) is 4.44. The van der Waals surface area contributed by atoms with Gasteiger partial charge in [-0.3, -0.25) is 9.69 Å².